The van der Waals surface area contributed by atoms with Crippen LogP contribution in [0.15, 0.2) is 48.5 Å². The average Bonchev–Trinajstić information content (AvgIpc) is 2.74. The zero-order chi connectivity index (χ0) is 20.4. The molecule has 0 saturated carbocycles. The summed E-state index contributed by atoms with van der Waals surface area (Å²) in [6.07, 6.45) is 0. The number of morpholine rings is 1. The normalized spacial score (nSPS) is 13.9. The van der Waals surface area contributed by atoms with Gasteiger partial charge in [-0.25, -0.2) is 4.98 Å². The Morgan fingerprint density at radius 3 is 2.24 bits per heavy atom. The number of aromatic nitrogens is 1. The molecule has 0 unspecified atom stereocenters. The third-order valence-electron chi connectivity index (χ3n) is 4.78. The summed E-state index contributed by atoms with van der Waals surface area (Å²) in [5, 5.41) is 11.7. The van der Waals surface area contributed by atoms with Gasteiger partial charge in [0.25, 0.3) is 0 Å². The second-order valence-electron chi connectivity index (χ2n) is 6.60. The maximum absolute atomic E-state index is 10.0. The molecule has 29 heavy (non-hydrogen) atoms. The van der Waals surface area contributed by atoms with E-state index in [-0.39, 0.29) is 0 Å². The van der Waals surface area contributed by atoms with E-state index in [0.29, 0.717) is 52.8 Å². The SMILES string of the molecule is N#Cc1c(-c2ccc(Cl)cc2Cl)cc(-c2ccc(Cl)cc2)nc1N1CCOCC1. The largest absolute Gasteiger partial charge is 0.378 e. The lowest BCUT2D eigenvalue weighted by Gasteiger charge is -2.29. The standard InChI is InChI=1S/C22H16Cl3N3O/c23-15-3-1-14(2-4-15)21-12-18(17-6-5-16(24)11-20(17)25)19(13-26)22(27-21)28-7-9-29-10-8-28/h1-6,11-12H,7-10H2. The van der Waals surface area contributed by atoms with Crippen molar-refractivity contribution in [2.75, 3.05) is 31.2 Å². The minimum absolute atomic E-state index is 0.480. The molecule has 0 bridgehead atoms. The van der Waals surface area contributed by atoms with Crippen LogP contribution in [-0.4, -0.2) is 31.3 Å². The van der Waals surface area contributed by atoms with E-state index < -0.39 is 0 Å². The van der Waals surface area contributed by atoms with Crippen molar-refractivity contribution in [3.05, 3.63) is 69.2 Å². The summed E-state index contributed by atoms with van der Waals surface area (Å²) in [5.41, 5.74) is 3.58. The van der Waals surface area contributed by atoms with Gasteiger partial charge in [-0.1, -0.05) is 53.0 Å². The molecule has 1 aliphatic heterocycles. The van der Waals surface area contributed by atoms with Crippen molar-refractivity contribution in [3.8, 4) is 28.5 Å². The molecule has 1 fully saturated rings. The van der Waals surface area contributed by atoms with Gasteiger partial charge >= 0.3 is 0 Å². The number of rotatable bonds is 3. The van der Waals surface area contributed by atoms with Crippen LogP contribution in [0.25, 0.3) is 22.4 Å². The smallest absolute Gasteiger partial charge is 0.148 e. The van der Waals surface area contributed by atoms with Crippen LogP contribution in [0.5, 0.6) is 0 Å². The zero-order valence-electron chi connectivity index (χ0n) is 15.3. The van der Waals surface area contributed by atoms with Gasteiger partial charge in [-0.15, -0.1) is 0 Å². The molecule has 1 aromatic heterocycles. The molecule has 4 rings (SSSR count). The van der Waals surface area contributed by atoms with Gasteiger partial charge in [-0.3, -0.25) is 0 Å². The van der Waals surface area contributed by atoms with Crippen molar-refractivity contribution < 1.29 is 4.74 Å². The van der Waals surface area contributed by atoms with Gasteiger partial charge in [0.2, 0.25) is 0 Å². The van der Waals surface area contributed by atoms with Crippen molar-refractivity contribution in [3.63, 3.8) is 0 Å². The van der Waals surface area contributed by atoms with E-state index >= 15 is 0 Å². The van der Waals surface area contributed by atoms with Crippen LogP contribution in [0.3, 0.4) is 0 Å². The lowest BCUT2D eigenvalue weighted by Crippen LogP contribution is -2.37. The highest BCUT2D eigenvalue weighted by Crippen LogP contribution is 2.38. The molecule has 1 saturated heterocycles. The molecule has 0 amide bonds. The predicted molar refractivity (Wildman–Crippen MR) is 118 cm³/mol. The average molecular weight is 445 g/mol. The molecule has 0 aliphatic carbocycles. The van der Waals surface area contributed by atoms with Crippen molar-refractivity contribution in [1.82, 2.24) is 4.98 Å². The first-order valence-corrected chi connectivity index (χ1v) is 10.2. The van der Waals surface area contributed by atoms with Gasteiger partial charge in [-0.2, -0.15) is 5.26 Å². The highest BCUT2D eigenvalue weighted by molar-refractivity contribution is 6.36. The molecule has 7 heteroatoms. The van der Waals surface area contributed by atoms with E-state index in [0.717, 1.165) is 22.4 Å². The number of benzene rings is 2. The van der Waals surface area contributed by atoms with Crippen LogP contribution in [0.4, 0.5) is 5.82 Å². The topological polar surface area (TPSA) is 49.2 Å². The lowest BCUT2D eigenvalue weighted by atomic mass is 9.98. The number of nitriles is 1. The summed E-state index contributed by atoms with van der Waals surface area (Å²) in [5.74, 6) is 0.629. The van der Waals surface area contributed by atoms with Gasteiger partial charge in [0, 0.05) is 44.8 Å². The Balaban J connectivity index is 1.95. The first kappa shape index (κ1) is 20.0. The summed E-state index contributed by atoms with van der Waals surface area (Å²) >= 11 is 18.6. The van der Waals surface area contributed by atoms with E-state index in [1.165, 1.54) is 0 Å². The second-order valence-corrected chi connectivity index (χ2v) is 7.88. The Labute approximate surface area is 184 Å². The lowest BCUT2D eigenvalue weighted by molar-refractivity contribution is 0.122. The fourth-order valence-electron chi connectivity index (χ4n) is 3.33. The molecule has 0 atom stereocenters. The van der Waals surface area contributed by atoms with E-state index in [9.17, 15) is 5.26 Å². The summed E-state index contributed by atoms with van der Waals surface area (Å²) in [6.45, 7) is 2.52. The predicted octanol–water partition coefficient (Wildman–Crippen LogP) is 6.08. The number of nitrogens with zero attached hydrogens (tertiary/aromatic N) is 3. The Kier molecular flexibility index (Phi) is 5.94. The number of hydrogen-bond donors (Lipinski definition) is 0. The molecule has 0 radical (unpaired) electrons. The van der Waals surface area contributed by atoms with Gasteiger partial charge < -0.3 is 9.64 Å². The Hall–Kier alpha value is -2.29. The fourth-order valence-corrected chi connectivity index (χ4v) is 3.97. The molecule has 4 nitrogen and oxygen atoms in total. The van der Waals surface area contributed by atoms with Crippen LogP contribution in [0.1, 0.15) is 5.56 Å². The van der Waals surface area contributed by atoms with E-state index in [4.69, 9.17) is 44.5 Å². The molecule has 0 spiro atoms. The van der Waals surface area contributed by atoms with Crippen LogP contribution in [0.2, 0.25) is 15.1 Å². The molecule has 0 N–H and O–H groups in total. The minimum atomic E-state index is 0.480. The number of anilines is 1. The van der Waals surface area contributed by atoms with Crippen molar-refractivity contribution in [2.45, 2.75) is 0 Å². The van der Waals surface area contributed by atoms with Crippen molar-refractivity contribution >= 4 is 40.6 Å². The van der Waals surface area contributed by atoms with Gasteiger partial charge in [0.1, 0.15) is 17.5 Å². The molecule has 1 aliphatic rings. The van der Waals surface area contributed by atoms with E-state index in [1.807, 2.05) is 36.4 Å². The Morgan fingerprint density at radius 1 is 0.897 bits per heavy atom. The Morgan fingerprint density at radius 2 is 1.59 bits per heavy atom. The van der Waals surface area contributed by atoms with Crippen LogP contribution < -0.4 is 4.90 Å². The molecule has 3 aromatic rings. The summed E-state index contributed by atoms with van der Waals surface area (Å²) < 4.78 is 5.47. The second kappa shape index (κ2) is 8.61. The quantitative estimate of drug-likeness (QED) is 0.491. The number of pyridine rings is 1. The summed E-state index contributed by atoms with van der Waals surface area (Å²) in [4.78, 5) is 6.91. The zero-order valence-corrected chi connectivity index (χ0v) is 17.6. The summed E-state index contributed by atoms with van der Waals surface area (Å²) in [7, 11) is 0. The summed E-state index contributed by atoms with van der Waals surface area (Å²) in [6, 6.07) is 17.0. The maximum Gasteiger partial charge on any atom is 0.148 e. The number of halogens is 3. The number of hydrogen-bond acceptors (Lipinski definition) is 4. The number of ether oxygens (including phenoxy) is 1. The van der Waals surface area contributed by atoms with Crippen LogP contribution in [-0.2, 0) is 4.74 Å². The molecular weight excluding hydrogens is 429 g/mol. The van der Waals surface area contributed by atoms with Crippen LogP contribution in [0, 0.1) is 11.3 Å². The maximum atomic E-state index is 10.0. The van der Waals surface area contributed by atoms with Crippen molar-refractivity contribution in [2.24, 2.45) is 0 Å². The van der Waals surface area contributed by atoms with Gasteiger partial charge in [0.15, 0.2) is 0 Å². The monoisotopic (exact) mass is 443 g/mol. The molecule has 2 heterocycles. The molecule has 2 aromatic carbocycles. The van der Waals surface area contributed by atoms with Gasteiger partial charge in [0.05, 0.1) is 18.9 Å². The van der Waals surface area contributed by atoms with Crippen molar-refractivity contribution in [1.29, 1.82) is 5.26 Å². The first-order chi connectivity index (χ1) is 14.1. The first-order valence-electron chi connectivity index (χ1n) is 9.06. The van der Waals surface area contributed by atoms with Gasteiger partial charge in [-0.05, 0) is 30.3 Å². The Bertz CT molecular complexity index is 1090. The van der Waals surface area contributed by atoms with Crippen LogP contribution >= 0.6 is 34.8 Å². The third-order valence-corrected chi connectivity index (χ3v) is 5.58. The highest BCUT2D eigenvalue weighted by atomic mass is 35.5. The minimum Gasteiger partial charge on any atom is -0.378 e. The highest BCUT2D eigenvalue weighted by Gasteiger charge is 2.22. The molecule has 146 valence electrons. The fraction of sp³-hybridized carbons (Fsp3) is 0.182. The van der Waals surface area contributed by atoms with E-state index in [1.54, 1.807) is 12.1 Å². The molecular formula is C22H16Cl3N3O. The van der Waals surface area contributed by atoms with E-state index in [2.05, 4.69) is 11.0 Å². The third kappa shape index (κ3) is 4.19.